The largest absolute Gasteiger partial charge is 0.147 e. The second-order valence-electron chi connectivity index (χ2n) is 10.00. The van der Waals surface area contributed by atoms with Crippen molar-refractivity contribution in [3.63, 3.8) is 0 Å². The van der Waals surface area contributed by atoms with Gasteiger partial charge in [0.2, 0.25) is 0 Å². The van der Waals surface area contributed by atoms with Crippen molar-refractivity contribution in [1.82, 2.24) is 0 Å². The van der Waals surface area contributed by atoms with Gasteiger partial charge in [0.05, 0.1) is 0 Å². The van der Waals surface area contributed by atoms with Crippen LogP contribution in [0.4, 0.5) is 0 Å². The topological polar surface area (TPSA) is 0 Å². The van der Waals surface area contributed by atoms with Crippen LogP contribution in [-0.4, -0.2) is 6.94 Å². The normalized spacial score (nSPS) is 19.8. The first kappa shape index (κ1) is 25.8. The number of hydrogen-bond donors (Lipinski definition) is 0. The maximum absolute atomic E-state index is 3.41. The summed E-state index contributed by atoms with van der Waals surface area (Å²) in [5, 5.41) is 0. The minimum atomic E-state index is -3.41. The molecule has 0 amide bonds. The molecule has 162 valence electrons. The van der Waals surface area contributed by atoms with Gasteiger partial charge in [-0.05, 0) is 0 Å². The quantitative estimate of drug-likeness (QED) is 0.285. The van der Waals surface area contributed by atoms with Gasteiger partial charge in [0.15, 0.2) is 0 Å². The molecule has 0 aliphatic heterocycles. The van der Waals surface area contributed by atoms with Crippen LogP contribution in [0.15, 0.2) is 59.7 Å². The Labute approximate surface area is 197 Å². The van der Waals surface area contributed by atoms with Crippen molar-refractivity contribution < 1.29 is 17.1 Å². The molecule has 0 N–H and O–H groups in total. The fourth-order valence-electron chi connectivity index (χ4n) is 6.19. The summed E-state index contributed by atoms with van der Waals surface area (Å²) in [6.45, 7) is 7.15. The van der Waals surface area contributed by atoms with Crippen molar-refractivity contribution in [2.24, 2.45) is 0 Å². The molecule has 2 aromatic carbocycles. The standard InChI is InChI=1S/2C12H13.2CH3.2ClH.Hf.H2Si/c2*1-2-5-10-8-11-6-3-4-7-12(11)9-10;;;;;;/h2*3-4,6-9H,2,5H2,1H3;2*1H3;2*1H;;1H2. The third-order valence-electron chi connectivity index (χ3n) is 7.01. The molecular formula is C26H36Cl2HfSi. The first-order valence-electron chi connectivity index (χ1n) is 11.0. The summed E-state index contributed by atoms with van der Waals surface area (Å²) in [5.74, 6) is 0. The van der Waals surface area contributed by atoms with E-state index < -0.39 is 17.1 Å². The Morgan fingerprint density at radius 2 is 1.07 bits per heavy atom. The van der Waals surface area contributed by atoms with Gasteiger partial charge in [-0.1, -0.05) is 0 Å². The molecular weight excluding hydrogens is 590 g/mol. The first-order chi connectivity index (χ1) is 13.4. The smallest absolute Gasteiger partial charge is 0.147 e. The van der Waals surface area contributed by atoms with E-state index in [1.54, 1.807) is 22.3 Å². The van der Waals surface area contributed by atoms with Gasteiger partial charge in [-0.3, -0.25) is 0 Å². The molecule has 2 aliphatic carbocycles. The van der Waals surface area contributed by atoms with Crippen molar-refractivity contribution in [3.8, 4) is 0 Å². The molecule has 2 aliphatic rings. The van der Waals surface area contributed by atoms with E-state index in [1.165, 1.54) is 36.8 Å². The average molecular weight is 626 g/mol. The van der Waals surface area contributed by atoms with E-state index in [1.807, 2.05) is 0 Å². The van der Waals surface area contributed by atoms with Crippen LogP contribution in [0.25, 0.3) is 12.2 Å². The number of halogens is 2. The van der Waals surface area contributed by atoms with Gasteiger partial charge in [0.1, 0.15) is 0 Å². The third-order valence-corrected chi connectivity index (χ3v) is 32.2. The van der Waals surface area contributed by atoms with E-state index in [2.05, 4.69) is 90.8 Å². The second kappa shape index (κ2) is 9.61. The molecule has 0 saturated heterocycles. The first-order valence-corrected chi connectivity index (χ1v) is 30.7. The zero-order chi connectivity index (χ0) is 20.0. The SMILES string of the molecule is CCCC1=Cc2ccccc2[CH]1[Hf]([CH3])([CH3])(=[SiH2])[CH]1C(CCC)=Cc2ccccc21.Cl.Cl. The van der Waals surface area contributed by atoms with Crippen molar-refractivity contribution in [2.75, 3.05) is 0 Å². The number of allylic oxidation sites excluding steroid dienone is 2. The third kappa shape index (κ3) is 4.27. The fourth-order valence-corrected chi connectivity index (χ4v) is 34.9. The molecule has 0 radical (unpaired) electrons. The van der Waals surface area contributed by atoms with E-state index in [9.17, 15) is 0 Å². The molecule has 2 atom stereocenters. The molecule has 2 aromatic rings. The average Bonchev–Trinajstić information content (AvgIpc) is 3.20. The van der Waals surface area contributed by atoms with Crippen molar-refractivity contribution >= 4 is 43.9 Å². The Kier molecular flexibility index (Phi) is 8.28. The molecule has 4 rings (SSSR count). The molecule has 0 aromatic heterocycles. The minimum absolute atomic E-state index is 0. The Hall–Kier alpha value is -0.413. The van der Waals surface area contributed by atoms with Crippen LogP contribution < -0.4 is 0 Å². The predicted molar refractivity (Wildman–Crippen MR) is 139 cm³/mol. The molecule has 2 unspecified atom stereocenters. The summed E-state index contributed by atoms with van der Waals surface area (Å²) >= 11 is -3.41. The molecule has 0 nitrogen and oxygen atoms in total. The Morgan fingerprint density at radius 1 is 0.700 bits per heavy atom. The van der Waals surface area contributed by atoms with Crippen LogP contribution in [0.2, 0.25) is 9.36 Å². The maximum atomic E-state index is 2.77. The summed E-state index contributed by atoms with van der Waals surface area (Å²) in [4.78, 5) is 0. The molecule has 0 heterocycles. The van der Waals surface area contributed by atoms with Crippen LogP contribution in [0.5, 0.6) is 0 Å². The number of hydrogen-bond acceptors (Lipinski definition) is 0. The zero-order valence-electron chi connectivity index (χ0n) is 18.8. The van der Waals surface area contributed by atoms with E-state index in [-0.39, 0.29) is 24.8 Å². The summed E-state index contributed by atoms with van der Waals surface area (Å²) in [5.41, 5.74) is 9.67. The van der Waals surface area contributed by atoms with Crippen LogP contribution in [0.1, 0.15) is 69.1 Å². The Bertz CT molecular complexity index is 967. The van der Waals surface area contributed by atoms with Gasteiger partial charge in [-0.25, -0.2) is 0 Å². The molecule has 0 bridgehead atoms. The van der Waals surface area contributed by atoms with E-state index in [0.717, 1.165) is 0 Å². The molecule has 0 saturated carbocycles. The van der Waals surface area contributed by atoms with Crippen molar-refractivity contribution in [3.05, 3.63) is 81.9 Å². The van der Waals surface area contributed by atoms with E-state index in [0.29, 0.717) is 7.35 Å². The Balaban J connectivity index is 0.00000160. The monoisotopic (exact) mass is 626 g/mol. The van der Waals surface area contributed by atoms with Gasteiger partial charge in [0.25, 0.3) is 0 Å². The van der Waals surface area contributed by atoms with Gasteiger partial charge in [-0.2, -0.15) is 0 Å². The summed E-state index contributed by atoms with van der Waals surface area (Å²) in [6, 6.07) is 18.5. The van der Waals surface area contributed by atoms with Gasteiger partial charge in [0, 0.05) is 0 Å². The van der Waals surface area contributed by atoms with Crippen LogP contribution in [0, 0.1) is 0 Å². The van der Waals surface area contributed by atoms with Crippen LogP contribution >= 0.6 is 24.8 Å². The minimum Gasteiger partial charge on any atom is -0.147 e. The maximum Gasteiger partial charge on any atom is -0.147 e. The second-order valence-corrected chi connectivity index (χ2v) is 53.5. The van der Waals surface area contributed by atoms with E-state index in [4.69, 9.17) is 0 Å². The molecule has 0 spiro atoms. The molecule has 30 heavy (non-hydrogen) atoms. The number of fused-ring (bicyclic) bond motifs is 2. The Morgan fingerprint density at radius 3 is 1.43 bits per heavy atom. The van der Waals surface area contributed by atoms with Gasteiger partial charge in [-0.15, -0.1) is 24.8 Å². The number of benzene rings is 2. The van der Waals surface area contributed by atoms with Crippen LogP contribution in [-0.2, 0) is 17.1 Å². The van der Waals surface area contributed by atoms with Gasteiger partial charge >= 0.3 is 174 Å². The van der Waals surface area contributed by atoms with Crippen molar-refractivity contribution in [1.29, 1.82) is 0 Å². The summed E-state index contributed by atoms with van der Waals surface area (Å²) in [7, 11) is 0. The summed E-state index contributed by atoms with van der Waals surface area (Å²) < 4.78 is 6.90. The van der Waals surface area contributed by atoms with Gasteiger partial charge < -0.3 is 0 Å². The predicted octanol–water partition coefficient (Wildman–Crippen LogP) is 8.04. The number of rotatable bonds is 6. The molecule has 0 fully saturated rings. The summed E-state index contributed by atoms with van der Waals surface area (Å²) in [6.07, 6.45) is 10.1. The van der Waals surface area contributed by atoms with Crippen LogP contribution in [0.3, 0.4) is 0 Å². The van der Waals surface area contributed by atoms with Crippen molar-refractivity contribution in [2.45, 2.75) is 56.2 Å². The zero-order valence-corrected chi connectivity index (χ0v) is 25.4. The fraction of sp³-hybridized carbons (Fsp3) is 0.385. The molecule has 4 heteroatoms. The van der Waals surface area contributed by atoms with E-state index >= 15 is 0 Å².